The van der Waals surface area contributed by atoms with Gasteiger partial charge < -0.3 is 15.4 Å². The molecule has 4 N–H and O–H groups in total. The lowest BCUT2D eigenvalue weighted by molar-refractivity contribution is -0.531. The number of nitrogens with one attached hydrogen (secondary N) is 2. The van der Waals surface area contributed by atoms with E-state index in [0.29, 0.717) is 13.1 Å². The average Bonchev–Trinajstić information content (AvgIpc) is 2.77. The van der Waals surface area contributed by atoms with Gasteiger partial charge in [0.25, 0.3) is 5.96 Å². The van der Waals surface area contributed by atoms with Crippen molar-refractivity contribution in [3.05, 3.63) is 0 Å². The minimum atomic E-state index is -0.353. The Hall–Kier alpha value is -1.30. The lowest BCUT2D eigenvalue weighted by Crippen LogP contribution is -2.89. The molecule has 0 aromatic rings. The van der Waals surface area contributed by atoms with Crippen molar-refractivity contribution in [3.63, 3.8) is 0 Å². The molecule has 0 spiro atoms. The first kappa shape index (κ1) is 12.8. The van der Waals surface area contributed by atoms with E-state index < -0.39 is 0 Å². The van der Waals surface area contributed by atoms with Crippen molar-refractivity contribution in [2.24, 2.45) is 4.99 Å². The number of nitrogens with zero attached hydrogens (tertiary/aromatic N) is 1. The number of rotatable bonds is 5. The topological polar surface area (TPSA) is 79.3 Å². The Kier molecular flexibility index (Phi) is 5.63. The van der Waals surface area contributed by atoms with E-state index in [9.17, 15) is 4.79 Å². The molecule has 6 nitrogen and oxygen atoms in total. The van der Waals surface area contributed by atoms with E-state index in [1.54, 1.807) is 0 Å². The van der Waals surface area contributed by atoms with Gasteiger partial charge in [-0.1, -0.05) is 6.92 Å². The maximum Gasteiger partial charge on any atom is 0.407 e. The number of carbonyl (C=O) groups is 1. The molecule has 1 heterocycles. The predicted molar refractivity (Wildman–Crippen MR) is 61.3 cm³/mol. The van der Waals surface area contributed by atoms with Gasteiger partial charge in [0.2, 0.25) is 0 Å². The first-order valence-corrected chi connectivity index (χ1v) is 5.78. The number of hydrogen-bond donors (Lipinski definition) is 3. The van der Waals surface area contributed by atoms with Crippen molar-refractivity contribution in [2.45, 2.75) is 26.4 Å². The smallest absolute Gasteiger partial charge is 0.407 e. The molecule has 0 saturated heterocycles. The van der Waals surface area contributed by atoms with Gasteiger partial charge in [-0.25, -0.2) is 9.79 Å². The zero-order valence-electron chi connectivity index (χ0n) is 9.95. The van der Waals surface area contributed by atoms with Gasteiger partial charge in [0.15, 0.2) is 0 Å². The van der Waals surface area contributed by atoms with Crippen molar-refractivity contribution >= 4 is 12.1 Å². The molecule has 6 heteroatoms. The first-order valence-electron chi connectivity index (χ1n) is 5.78. The molecule has 1 aliphatic heterocycles. The van der Waals surface area contributed by atoms with E-state index in [1.165, 1.54) is 0 Å². The standard InChI is InChI=1S/C10H20N4O2/c1-3-8(2)16-10(15)14-7-6-13-9-11-4-5-12-9/h8H,3-7H2,1-2H3,(H,14,15)(H2,11,12,13)/p+1/t8-/m1/s1. The molecule has 0 unspecified atom stereocenters. The number of alkyl carbamates (subject to hydrolysis) is 1. The van der Waals surface area contributed by atoms with Gasteiger partial charge in [-0.2, -0.15) is 0 Å². The molecule has 0 radical (unpaired) electrons. The molecule has 1 rings (SSSR count). The summed E-state index contributed by atoms with van der Waals surface area (Å²) in [6, 6.07) is 0. The largest absolute Gasteiger partial charge is 0.447 e. The monoisotopic (exact) mass is 229 g/mol. The Morgan fingerprint density at radius 3 is 3.06 bits per heavy atom. The maximum atomic E-state index is 11.2. The van der Waals surface area contributed by atoms with Gasteiger partial charge in [0.05, 0.1) is 6.54 Å². The summed E-state index contributed by atoms with van der Waals surface area (Å²) in [5, 5.41) is 7.86. The second-order valence-corrected chi connectivity index (χ2v) is 3.74. The van der Waals surface area contributed by atoms with Crippen LogP contribution in [0.5, 0.6) is 0 Å². The number of aliphatic imine (C=N–C) groups is 1. The van der Waals surface area contributed by atoms with Gasteiger partial charge in [-0.05, 0) is 13.3 Å². The molecule has 0 aromatic carbocycles. The van der Waals surface area contributed by atoms with Gasteiger partial charge in [-0.15, -0.1) is 0 Å². The number of quaternary nitrogens is 1. The molecule has 92 valence electrons. The van der Waals surface area contributed by atoms with Gasteiger partial charge in [0, 0.05) is 13.1 Å². The summed E-state index contributed by atoms with van der Waals surface area (Å²) in [6.07, 6.45) is 0.450. The third kappa shape index (κ3) is 4.97. The van der Waals surface area contributed by atoms with Crippen LogP contribution in [0.1, 0.15) is 20.3 Å². The summed E-state index contributed by atoms with van der Waals surface area (Å²) >= 11 is 0. The van der Waals surface area contributed by atoms with Gasteiger partial charge in [-0.3, -0.25) is 5.32 Å². The minimum Gasteiger partial charge on any atom is -0.447 e. The van der Waals surface area contributed by atoms with Crippen molar-refractivity contribution in [3.8, 4) is 0 Å². The SMILES string of the molecule is CC[C@@H](C)OC(=O)NCCNC1=NCC[NH2+]1. The Morgan fingerprint density at radius 1 is 1.62 bits per heavy atom. The highest BCUT2D eigenvalue weighted by Gasteiger charge is 2.09. The summed E-state index contributed by atoms with van der Waals surface area (Å²) in [5.74, 6) is 0.928. The molecule has 16 heavy (non-hydrogen) atoms. The van der Waals surface area contributed by atoms with Crippen LogP contribution in [0.2, 0.25) is 0 Å². The normalized spacial score (nSPS) is 16.5. The third-order valence-electron chi connectivity index (χ3n) is 2.33. The van der Waals surface area contributed by atoms with Crippen LogP contribution in [0.25, 0.3) is 0 Å². The summed E-state index contributed by atoms with van der Waals surface area (Å²) < 4.78 is 5.06. The zero-order valence-corrected chi connectivity index (χ0v) is 9.95. The van der Waals surface area contributed by atoms with Crippen molar-refractivity contribution in [1.29, 1.82) is 0 Å². The van der Waals surface area contributed by atoms with E-state index in [2.05, 4.69) is 20.9 Å². The average molecular weight is 229 g/mol. The molecular formula is C10H21N4O2+. The Balaban J connectivity index is 1.99. The van der Waals surface area contributed by atoms with Crippen LogP contribution in [0.4, 0.5) is 4.79 Å². The first-order chi connectivity index (χ1) is 7.72. The van der Waals surface area contributed by atoms with Crippen LogP contribution in [0.15, 0.2) is 4.99 Å². The number of hydrogen-bond acceptors (Lipinski definition) is 4. The fraction of sp³-hybridized carbons (Fsp3) is 0.800. The number of ether oxygens (including phenoxy) is 1. The Bertz CT molecular complexity index is 255. The third-order valence-corrected chi connectivity index (χ3v) is 2.33. The van der Waals surface area contributed by atoms with Crippen molar-refractivity contribution < 1.29 is 14.8 Å². The van der Waals surface area contributed by atoms with Crippen LogP contribution >= 0.6 is 0 Å². The highest BCUT2D eigenvalue weighted by atomic mass is 16.6. The van der Waals surface area contributed by atoms with Gasteiger partial charge in [0.1, 0.15) is 12.6 Å². The predicted octanol–water partition coefficient (Wildman–Crippen LogP) is -0.966. The van der Waals surface area contributed by atoms with Crippen LogP contribution in [-0.2, 0) is 4.74 Å². The van der Waals surface area contributed by atoms with Crippen molar-refractivity contribution in [2.75, 3.05) is 26.2 Å². The molecule has 0 aromatic heterocycles. The molecule has 1 aliphatic rings. The Labute approximate surface area is 95.8 Å². The van der Waals surface area contributed by atoms with E-state index in [1.807, 2.05) is 13.8 Å². The van der Waals surface area contributed by atoms with Crippen LogP contribution in [0, 0.1) is 0 Å². The Morgan fingerprint density at radius 2 is 2.44 bits per heavy atom. The summed E-state index contributed by atoms with van der Waals surface area (Å²) in [7, 11) is 0. The maximum absolute atomic E-state index is 11.2. The van der Waals surface area contributed by atoms with Crippen LogP contribution in [0.3, 0.4) is 0 Å². The van der Waals surface area contributed by atoms with Gasteiger partial charge >= 0.3 is 6.09 Å². The highest BCUT2D eigenvalue weighted by molar-refractivity contribution is 5.71. The molecule has 0 saturated carbocycles. The fourth-order valence-corrected chi connectivity index (χ4v) is 1.24. The summed E-state index contributed by atoms with van der Waals surface area (Å²) in [4.78, 5) is 15.4. The second kappa shape index (κ2) is 7.05. The lowest BCUT2D eigenvalue weighted by atomic mass is 10.3. The van der Waals surface area contributed by atoms with E-state index in [0.717, 1.165) is 25.5 Å². The zero-order chi connectivity index (χ0) is 11.8. The number of carbonyl (C=O) groups excluding carboxylic acids is 1. The molecule has 0 bridgehead atoms. The van der Waals surface area contributed by atoms with E-state index in [-0.39, 0.29) is 12.2 Å². The van der Waals surface area contributed by atoms with E-state index >= 15 is 0 Å². The highest BCUT2D eigenvalue weighted by Crippen LogP contribution is 1.95. The second-order valence-electron chi connectivity index (χ2n) is 3.74. The quantitative estimate of drug-likeness (QED) is 0.531. The number of amides is 1. The lowest BCUT2D eigenvalue weighted by Gasteiger charge is -2.11. The number of nitrogens with two attached hydrogens (primary N) is 1. The van der Waals surface area contributed by atoms with Crippen molar-refractivity contribution in [1.82, 2.24) is 10.6 Å². The molecular weight excluding hydrogens is 208 g/mol. The van der Waals surface area contributed by atoms with E-state index in [4.69, 9.17) is 4.74 Å². The fourth-order valence-electron chi connectivity index (χ4n) is 1.24. The molecule has 1 amide bonds. The minimum absolute atomic E-state index is 0.0273. The summed E-state index contributed by atoms with van der Waals surface area (Å²) in [6.45, 7) is 6.94. The molecule has 0 aliphatic carbocycles. The van der Waals surface area contributed by atoms with Crippen LogP contribution < -0.4 is 16.0 Å². The van der Waals surface area contributed by atoms with Crippen LogP contribution in [-0.4, -0.2) is 44.3 Å². The molecule has 0 fully saturated rings. The number of guanidine groups is 1. The summed E-state index contributed by atoms with van der Waals surface area (Å²) in [5.41, 5.74) is 0. The molecule has 1 atom stereocenters.